The van der Waals surface area contributed by atoms with Crippen molar-refractivity contribution in [1.82, 2.24) is 4.90 Å². The van der Waals surface area contributed by atoms with E-state index in [2.05, 4.69) is 75.8 Å². The van der Waals surface area contributed by atoms with Gasteiger partial charge >= 0.3 is 64.9 Å². The van der Waals surface area contributed by atoms with E-state index in [-0.39, 0.29) is 10.7 Å². The zero-order valence-corrected chi connectivity index (χ0v) is 23.2. The van der Waals surface area contributed by atoms with E-state index in [0.717, 1.165) is 23.2 Å². The van der Waals surface area contributed by atoms with Gasteiger partial charge in [-0.1, -0.05) is 36.4 Å². The van der Waals surface area contributed by atoms with Crippen molar-refractivity contribution in [3.63, 3.8) is 0 Å². The summed E-state index contributed by atoms with van der Waals surface area (Å²) < 4.78 is 19.5. The van der Waals surface area contributed by atoms with Gasteiger partial charge in [-0.25, -0.2) is 9.24 Å². The number of ether oxygens (including phenoxy) is 1. The molecule has 1 unspecified atom stereocenters. The number of halogens is 4. The predicted octanol–water partition coefficient (Wildman–Crippen LogP) is 6.92. The van der Waals surface area contributed by atoms with Gasteiger partial charge in [-0.15, -0.1) is 0 Å². The summed E-state index contributed by atoms with van der Waals surface area (Å²) in [6, 6.07) is 12.0. The first kappa shape index (κ1) is 24.6. The van der Waals surface area contributed by atoms with Crippen LogP contribution in [0.3, 0.4) is 0 Å². The van der Waals surface area contributed by atoms with Crippen molar-refractivity contribution in [3.8, 4) is 0 Å². The van der Waals surface area contributed by atoms with Gasteiger partial charge in [-0.05, 0) is 49.0 Å². The topological polar surface area (TPSA) is 16.8 Å². The van der Waals surface area contributed by atoms with Crippen molar-refractivity contribution >= 4 is 65.6 Å². The molecule has 0 saturated carbocycles. The maximum atomic E-state index is 13.4. The third-order valence-corrected chi connectivity index (χ3v) is 4.17. The van der Waals surface area contributed by atoms with E-state index < -0.39 is 5.60 Å². The van der Waals surface area contributed by atoms with Gasteiger partial charge in [0.15, 0.2) is 5.69 Å². The Morgan fingerprint density at radius 2 is 1.86 bits per heavy atom. The van der Waals surface area contributed by atoms with E-state index in [1.165, 1.54) is 12.1 Å². The molecule has 2 aromatic carbocycles. The van der Waals surface area contributed by atoms with E-state index in [1.807, 2.05) is 32.3 Å². The Labute approximate surface area is 203 Å². The van der Waals surface area contributed by atoms with Crippen molar-refractivity contribution in [2.45, 2.75) is 12.2 Å². The van der Waals surface area contributed by atoms with Crippen LogP contribution in [0, 0.1) is 12.4 Å². The summed E-state index contributed by atoms with van der Waals surface area (Å²) >= 11 is 7.39. The minimum atomic E-state index is -0.737. The summed E-state index contributed by atoms with van der Waals surface area (Å²) in [5.41, 5.74) is 2.76. The van der Waals surface area contributed by atoms with Crippen LogP contribution in [0.1, 0.15) is 16.7 Å². The molecule has 1 heterocycles. The van der Waals surface area contributed by atoms with Gasteiger partial charge in [0.2, 0.25) is 0 Å². The standard InChI is InChI=1S/C20H19FN2O.3HI.V/c1-22-18-9-10-19-15(13-18)14-24-20(19,11-4-12-23(2)3)16-5-7-17(21)8-6-16;;;;/h4-11,13H,12,14H2,2-3H3;3*1H;/q;;;;+3/p-3/b11-4+;;;;. The van der Waals surface area contributed by atoms with Gasteiger partial charge in [0, 0.05) is 6.54 Å². The number of nitrogens with zero attached hydrogens (tertiary/aromatic N) is 2. The number of likely N-dealkylation sites (N-methyl/N-ethyl adjacent to an activating group) is 1. The Bertz CT molecular complexity index is 866. The number of benzene rings is 2. The molecule has 3 rings (SSSR count). The zero-order chi connectivity index (χ0) is 20.7. The molecule has 1 aliphatic rings. The molecule has 0 bridgehead atoms. The van der Waals surface area contributed by atoms with Crippen molar-refractivity contribution in [2.75, 3.05) is 20.6 Å². The Kier molecular flexibility index (Phi) is 10.2. The third kappa shape index (κ3) is 6.65. The van der Waals surface area contributed by atoms with Gasteiger partial charge in [0.05, 0.1) is 13.2 Å². The number of fused-ring (bicyclic) bond motifs is 1. The number of rotatable bonds is 4. The van der Waals surface area contributed by atoms with E-state index >= 15 is 0 Å². The molecule has 28 heavy (non-hydrogen) atoms. The van der Waals surface area contributed by atoms with E-state index in [1.54, 1.807) is 18.2 Å². The molecule has 3 nitrogen and oxygen atoms in total. The van der Waals surface area contributed by atoms with Crippen LogP contribution in [-0.4, -0.2) is 25.5 Å². The van der Waals surface area contributed by atoms with Crippen molar-refractivity contribution in [3.05, 3.63) is 88.5 Å². The Hall–Kier alpha value is 0.294. The Morgan fingerprint density at radius 1 is 1.21 bits per heavy atom. The second-order valence-corrected chi connectivity index (χ2v) is 41.7. The van der Waals surface area contributed by atoms with Crippen LogP contribution in [0.4, 0.5) is 10.1 Å². The fourth-order valence-corrected chi connectivity index (χ4v) is 3.00. The third-order valence-electron chi connectivity index (χ3n) is 4.17. The molecule has 0 spiro atoms. The van der Waals surface area contributed by atoms with Crippen LogP contribution >= 0.6 is 59.9 Å². The molecule has 8 heteroatoms. The zero-order valence-electron chi connectivity index (χ0n) is 15.4. The van der Waals surface area contributed by atoms with E-state index in [4.69, 9.17) is 11.3 Å². The van der Waals surface area contributed by atoms with E-state index in [0.29, 0.717) is 12.3 Å². The van der Waals surface area contributed by atoms with Crippen LogP contribution in [0.25, 0.3) is 4.85 Å². The van der Waals surface area contributed by atoms with Gasteiger partial charge in [0.25, 0.3) is 0 Å². The molecule has 0 aliphatic carbocycles. The summed E-state index contributed by atoms with van der Waals surface area (Å²) in [6.07, 6.45) is 4.09. The van der Waals surface area contributed by atoms with Gasteiger partial charge < -0.3 is 9.64 Å². The normalized spacial score (nSPS) is 18.1. The van der Waals surface area contributed by atoms with Gasteiger partial charge in [-0.2, -0.15) is 0 Å². The number of hydrogen-bond donors (Lipinski definition) is 0. The Balaban J connectivity index is 0.000000640. The summed E-state index contributed by atoms with van der Waals surface area (Å²) in [6.45, 7) is 8.39. The molecule has 1 atom stereocenters. The second-order valence-electron chi connectivity index (χ2n) is 6.34. The number of hydrogen-bond acceptors (Lipinski definition) is 2. The average molecular weight is 754 g/mol. The van der Waals surface area contributed by atoms with Crippen LogP contribution < -0.4 is 0 Å². The molecule has 0 radical (unpaired) electrons. The molecule has 0 aromatic heterocycles. The fraction of sp³-hybridized carbons (Fsp3) is 0.250. The molecular formula is C20H19FI3N2OV. The molecule has 2 aromatic rings. The van der Waals surface area contributed by atoms with E-state index in [9.17, 15) is 4.39 Å². The van der Waals surface area contributed by atoms with Crippen LogP contribution in [-0.2, 0) is 21.9 Å². The second kappa shape index (κ2) is 11.6. The summed E-state index contributed by atoms with van der Waals surface area (Å²) in [7, 11) is 4.00. The van der Waals surface area contributed by atoms with Crippen LogP contribution in [0.15, 0.2) is 54.6 Å². The summed E-state index contributed by atoms with van der Waals surface area (Å²) in [5, 5.41) is 0. The van der Waals surface area contributed by atoms with Gasteiger partial charge in [-0.3, -0.25) is 0 Å². The average Bonchev–Trinajstić information content (AvgIpc) is 3.00. The summed E-state index contributed by atoms with van der Waals surface area (Å²) in [5.74, 6) is -0.271. The molecule has 0 N–H and O–H groups in total. The predicted molar refractivity (Wildman–Crippen MR) is 134 cm³/mol. The molecule has 1 aliphatic heterocycles. The maximum absolute atomic E-state index is 13.4. The van der Waals surface area contributed by atoms with Crippen molar-refractivity contribution in [1.29, 1.82) is 0 Å². The first-order valence-corrected chi connectivity index (χ1v) is 21.8. The molecule has 0 amide bonds. The molecule has 0 saturated heterocycles. The molecular weight excluding hydrogens is 735 g/mol. The fourth-order valence-electron chi connectivity index (χ4n) is 3.00. The van der Waals surface area contributed by atoms with Crippen LogP contribution in [0.2, 0.25) is 0 Å². The molecule has 0 fully saturated rings. The molecule has 148 valence electrons. The SMILES string of the molecule is [C-]#[N+]c1ccc2c(c1)COC2(/C=C/CN(C)C)c1ccc(F)cc1.[I][V]([I])[I]. The minimum absolute atomic E-state index is 0.271. The summed E-state index contributed by atoms with van der Waals surface area (Å²) in [4.78, 5) is 5.27. The van der Waals surface area contributed by atoms with Crippen LogP contribution in [0.5, 0.6) is 0 Å². The van der Waals surface area contributed by atoms with Crippen molar-refractivity contribution < 1.29 is 14.0 Å². The van der Waals surface area contributed by atoms with Crippen molar-refractivity contribution in [2.24, 2.45) is 0 Å². The first-order valence-electron chi connectivity index (χ1n) is 8.29. The van der Waals surface area contributed by atoms with Gasteiger partial charge in [0.1, 0.15) is 11.4 Å². The quantitative estimate of drug-likeness (QED) is 0.192. The monoisotopic (exact) mass is 754 g/mol. The first-order chi connectivity index (χ1) is 13.3. The Morgan fingerprint density at radius 3 is 2.43 bits per heavy atom.